The minimum Gasteiger partial charge on any atom is -0.381 e. The van der Waals surface area contributed by atoms with Crippen LogP contribution in [0.2, 0.25) is 0 Å². The van der Waals surface area contributed by atoms with Crippen molar-refractivity contribution in [3.05, 3.63) is 29.3 Å². The summed E-state index contributed by atoms with van der Waals surface area (Å²) in [5.41, 5.74) is 2.31. The Labute approximate surface area is 117 Å². The molecule has 5 heteroatoms. The lowest BCUT2D eigenvalue weighted by Crippen LogP contribution is -2.32. The van der Waals surface area contributed by atoms with Gasteiger partial charge < -0.3 is 15.4 Å². The van der Waals surface area contributed by atoms with Crippen LogP contribution in [0, 0.1) is 5.92 Å². The largest absolute Gasteiger partial charge is 0.381 e. The monoisotopic (exact) mass is 274 g/mol. The second kappa shape index (κ2) is 5.63. The minimum absolute atomic E-state index is 0.0141. The Bertz CT molecular complexity index is 536. The molecule has 0 bridgehead atoms. The van der Waals surface area contributed by atoms with Crippen LogP contribution in [0.25, 0.3) is 0 Å². The first-order valence-electron chi connectivity index (χ1n) is 7.01. The molecular weight excluding hydrogens is 256 g/mol. The number of hydrogen-bond acceptors (Lipinski definition) is 3. The fraction of sp³-hybridized carbons (Fsp3) is 0.467. The second-order valence-corrected chi connectivity index (χ2v) is 5.36. The maximum absolute atomic E-state index is 12.1. The molecule has 3 rings (SSSR count). The predicted octanol–water partition coefficient (Wildman–Crippen LogP) is 1.34. The summed E-state index contributed by atoms with van der Waals surface area (Å²) in [4.78, 5) is 23.4. The van der Waals surface area contributed by atoms with Crippen molar-refractivity contribution < 1.29 is 14.3 Å². The lowest BCUT2D eigenvalue weighted by molar-refractivity contribution is -0.115. The molecule has 0 spiro atoms. The Kier molecular flexibility index (Phi) is 3.69. The average Bonchev–Trinajstić information content (AvgIpc) is 2.85. The predicted molar refractivity (Wildman–Crippen MR) is 74.7 cm³/mol. The van der Waals surface area contributed by atoms with Gasteiger partial charge in [0.15, 0.2) is 0 Å². The lowest BCUT2D eigenvalue weighted by atomic mass is 10.0. The van der Waals surface area contributed by atoms with Crippen molar-refractivity contribution in [3.63, 3.8) is 0 Å². The highest BCUT2D eigenvalue weighted by Gasteiger charge is 2.20. The second-order valence-electron chi connectivity index (χ2n) is 5.36. The van der Waals surface area contributed by atoms with Gasteiger partial charge in [0.1, 0.15) is 0 Å². The van der Waals surface area contributed by atoms with E-state index in [0.29, 0.717) is 24.4 Å². The van der Waals surface area contributed by atoms with Crippen LogP contribution in [0.5, 0.6) is 0 Å². The van der Waals surface area contributed by atoms with Crippen molar-refractivity contribution in [1.29, 1.82) is 0 Å². The van der Waals surface area contributed by atoms with Gasteiger partial charge in [0, 0.05) is 31.0 Å². The standard InChI is InChI=1S/C15H18N2O3/c18-14-8-11-1-2-12(7-13(11)17-14)15(19)16-9-10-3-5-20-6-4-10/h1-2,7,10H,3-6,8-9H2,(H,16,19)(H,17,18). The third kappa shape index (κ3) is 2.82. The number of carbonyl (C=O) groups excluding carboxylic acids is 2. The molecule has 0 saturated carbocycles. The highest BCUT2D eigenvalue weighted by molar-refractivity contribution is 6.02. The van der Waals surface area contributed by atoms with Gasteiger partial charge in [-0.1, -0.05) is 6.07 Å². The van der Waals surface area contributed by atoms with Crippen molar-refractivity contribution in [1.82, 2.24) is 5.32 Å². The normalized spacial score (nSPS) is 18.5. The number of amides is 2. The first-order valence-corrected chi connectivity index (χ1v) is 7.01. The zero-order valence-electron chi connectivity index (χ0n) is 11.3. The molecule has 20 heavy (non-hydrogen) atoms. The van der Waals surface area contributed by atoms with Gasteiger partial charge in [0.05, 0.1) is 6.42 Å². The number of hydrogen-bond donors (Lipinski definition) is 2. The van der Waals surface area contributed by atoms with Crippen molar-refractivity contribution in [3.8, 4) is 0 Å². The molecule has 2 amide bonds. The Morgan fingerprint density at radius 2 is 2.15 bits per heavy atom. The van der Waals surface area contributed by atoms with Crippen LogP contribution in [-0.2, 0) is 16.0 Å². The summed E-state index contributed by atoms with van der Waals surface area (Å²) in [5.74, 6) is 0.405. The molecule has 1 aromatic carbocycles. The summed E-state index contributed by atoms with van der Waals surface area (Å²) in [6, 6.07) is 5.37. The summed E-state index contributed by atoms with van der Waals surface area (Å²) in [7, 11) is 0. The Morgan fingerprint density at radius 3 is 2.95 bits per heavy atom. The number of rotatable bonds is 3. The molecule has 1 aromatic rings. The molecule has 0 aromatic heterocycles. The van der Waals surface area contributed by atoms with Gasteiger partial charge in [-0.3, -0.25) is 9.59 Å². The molecule has 2 aliphatic rings. The van der Waals surface area contributed by atoms with E-state index >= 15 is 0 Å². The third-order valence-electron chi connectivity index (χ3n) is 3.89. The number of anilines is 1. The van der Waals surface area contributed by atoms with E-state index in [0.717, 1.165) is 37.3 Å². The molecule has 0 radical (unpaired) electrons. The van der Waals surface area contributed by atoms with E-state index in [4.69, 9.17) is 4.74 Å². The molecule has 1 fully saturated rings. The van der Waals surface area contributed by atoms with Crippen LogP contribution >= 0.6 is 0 Å². The van der Waals surface area contributed by atoms with E-state index in [-0.39, 0.29) is 11.8 Å². The average molecular weight is 274 g/mol. The minimum atomic E-state index is -0.0829. The molecule has 5 nitrogen and oxygen atoms in total. The first-order chi connectivity index (χ1) is 9.72. The summed E-state index contributed by atoms with van der Waals surface area (Å²) >= 11 is 0. The molecule has 2 aliphatic heterocycles. The van der Waals surface area contributed by atoms with E-state index in [1.807, 2.05) is 6.07 Å². The highest BCUT2D eigenvalue weighted by Crippen LogP contribution is 2.24. The molecule has 2 N–H and O–H groups in total. The number of carbonyl (C=O) groups is 2. The highest BCUT2D eigenvalue weighted by atomic mass is 16.5. The number of ether oxygens (including phenoxy) is 1. The van der Waals surface area contributed by atoms with Gasteiger partial charge in [-0.15, -0.1) is 0 Å². The smallest absolute Gasteiger partial charge is 0.251 e. The molecule has 2 heterocycles. The lowest BCUT2D eigenvalue weighted by Gasteiger charge is -2.22. The van der Waals surface area contributed by atoms with Crippen molar-refractivity contribution >= 4 is 17.5 Å². The summed E-state index contributed by atoms with van der Waals surface area (Å²) in [6.07, 6.45) is 2.40. The fourth-order valence-electron chi connectivity index (χ4n) is 2.65. The Balaban J connectivity index is 1.60. The first kappa shape index (κ1) is 13.1. The van der Waals surface area contributed by atoms with E-state index in [1.165, 1.54) is 0 Å². The third-order valence-corrected chi connectivity index (χ3v) is 3.89. The van der Waals surface area contributed by atoms with Crippen molar-refractivity contribution in [2.45, 2.75) is 19.3 Å². The van der Waals surface area contributed by atoms with Gasteiger partial charge in [-0.25, -0.2) is 0 Å². The summed E-state index contributed by atoms with van der Waals surface area (Å²) in [6.45, 7) is 2.25. The van der Waals surface area contributed by atoms with Crippen molar-refractivity contribution in [2.75, 3.05) is 25.1 Å². The SMILES string of the molecule is O=C1Cc2ccc(C(=O)NCC3CCOCC3)cc2N1. The van der Waals surface area contributed by atoms with E-state index < -0.39 is 0 Å². The van der Waals surface area contributed by atoms with E-state index in [2.05, 4.69) is 10.6 Å². The van der Waals surface area contributed by atoms with E-state index in [1.54, 1.807) is 12.1 Å². The number of fused-ring (bicyclic) bond motifs is 1. The van der Waals surface area contributed by atoms with Gasteiger partial charge in [-0.05, 0) is 36.5 Å². The van der Waals surface area contributed by atoms with Crippen LogP contribution in [0.1, 0.15) is 28.8 Å². The molecular formula is C15H18N2O3. The van der Waals surface area contributed by atoms with Gasteiger partial charge in [-0.2, -0.15) is 0 Å². The Hall–Kier alpha value is -1.88. The molecule has 0 atom stereocenters. The van der Waals surface area contributed by atoms with Crippen LogP contribution < -0.4 is 10.6 Å². The van der Waals surface area contributed by atoms with Crippen LogP contribution in [0.3, 0.4) is 0 Å². The maximum atomic E-state index is 12.1. The van der Waals surface area contributed by atoms with Crippen LogP contribution in [-0.4, -0.2) is 31.6 Å². The Morgan fingerprint density at radius 1 is 1.35 bits per heavy atom. The van der Waals surface area contributed by atoms with Gasteiger partial charge in [0.2, 0.25) is 5.91 Å². The number of nitrogens with one attached hydrogen (secondary N) is 2. The summed E-state index contributed by atoms with van der Waals surface area (Å²) in [5, 5.41) is 5.73. The van der Waals surface area contributed by atoms with Crippen LogP contribution in [0.15, 0.2) is 18.2 Å². The summed E-state index contributed by atoms with van der Waals surface area (Å²) < 4.78 is 5.30. The quantitative estimate of drug-likeness (QED) is 0.874. The van der Waals surface area contributed by atoms with E-state index in [9.17, 15) is 9.59 Å². The van der Waals surface area contributed by atoms with Gasteiger partial charge in [0.25, 0.3) is 5.91 Å². The number of benzene rings is 1. The van der Waals surface area contributed by atoms with Crippen molar-refractivity contribution in [2.24, 2.45) is 5.92 Å². The zero-order valence-corrected chi connectivity index (χ0v) is 11.3. The van der Waals surface area contributed by atoms with Gasteiger partial charge >= 0.3 is 0 Å². The topological polar surface area (TPSA) is 67.4 Å². The fourth-order valence-corrected chi connectivity index (χ4v) is 2.65. The zero-order chi connectivity index (χ0) is 13.9. The molecule has 0 unspecified atom stereocenters. The molecule has 106 valence electrons. The molecule has 0 aliphatic carbocycles. The van der Waals surface area contributed by atoms with Crippen LogP contribution in [0.4, 0.5) is 5.69 Å². The molecule has 1 saturated heterocycles. The maximum Gasteiger partial charge on any atom is 0.251 e.